The van der Waals surface area contributed by atoms with Crippen LogP contribution >= 0.6 is 11.3 Å². The Morgan fingerprint density at radius 3 is 2.68 bits per heavy atom. The fourth-order valence-electron chi connectivity index (χ4n) is 3.10. The minimum Gasteiger partial charge on any atom is -0.462 e. The molecule has 1 aliphatic heterocycles. The van der Waals surface area contributed by atoms with E-state index in [0.29, 0.717) is 37.6 Å². The molecule has 8 nitrogen and oxygen atoms in total. The van der Waals surface area contributed by atoms with E-state index < -0.39 is 5.60 Å². The average molecular weight is 407 g/mol. The third-order valence-corrected chi connectivity index (χ3v) is 5.18. The van der Waals surface area contributed by atoms with Crippen LogP contribution in [-0.2, 0) is 9.47 Å². The Morgan fingerprint density at radius 1 is 1.18 bits per heavy atom. The van der Waals surface area contributed by atoms with E-state index in [2.05, 4.69) is 14.9 Å². The molecule has 0 aromatic carbocycles. The lowest BCUT2D eigenvalue weighted by molar-refractivity contribution is 0.0263. The van der Waals surface area contributed by atoms with Crippen LogP contribution in [0.5, 0.6) is 0 Å². The average Bonchev–Trinajstić information content (AvgIpc) is 2.90. The van der Waals surface area contributed by atoms with E-state index in [4.69, 9.17) is 9.47 Å². The van der Waals surface area contributed by atoms with Gasteiger partial charge in [-0.25, -0.2) is 19.6 Å². The highest BCUT2D eigenvalue weighted by Gasteiger charge is 2.27. The van der Waals surface area contributed by atoms with Crippen LogP contribution in [0.1, 0.15) is 44.5 Å². The molecule has 0 radical (unpaired) electrons. The standard InChI is InChI=1S/C19H26N4O4S/c1-5-26-17(24)13-11-28-16-14(13)15(20-12-21-16)22-7-6-8-23(10-9-22)18(25)27-19(2,3)4/h11-12H,5-10H2,1-4H3. The van der Waals surface area contributed by atoms with Gasteiger partial charge in [-0.1, -0.05) is 0 Å². The van der Waals surface area contributed by atoms with Gasteiger partial charge in [0.25, 0.3) is 0 Å². The van der Waals surface area contributed by atoms with Crippen molar-refractivity contribution < 1.29 is 19.1 Å². The lowest BCUT2D eigenvalue weighted by Crippen LogP contribution is -2.39. The number of thiophene rings is 1. The van der Waals surface area contributed by atoms with Gasteiger partial charge in [0.1, 0.15) is 22.6 Å². The number of carbonyl (C=O) groups is 2. The lowest BCUT2D eigenvalue weighted by Gasteiger charge is -2.26. The molecule has 0 aliphatic carbocycles. The second kappa shape index (κ2) is 8.30. The fraction of sp³-hybridized carbons (Fsp3) is 0.579. The predicted octanol–water partition coefficient (Wildman–Crippen LogP) is 3.32. The Balaban J connectivity index is 1.82. The molecule has 0 bridgehead atoms. The lowest BCUT2D eigenvalue weighted by atomic mass is 10.2. The number of hydrogen-bond donors (Lipinski definition) is 0. The van der Waals surface area contributed by atoms with Gasteiger partial charge in [0.2, 0.25) is 0 Å². The number of amides is 1. The summed E-state index contributed by atoms with van der Waals surface area (Å²) in [5.41, 5.74) is -0.0293. The van der Waals surface area contributed by atoms with Crippen LogP contribution in [0.25, 0.3) is 10.2 Å². The second-order valence-corrected chi connectivity index (χ2v) is 8.41. The Labute approximate surface area is 168 Å². The van der Waals surface area contributed by atoms with Crippen molar-refractivity contribution in [3.63, 3.8) is 0 Å². The van der Waals surface area contributed by atoms with Crippen molar-refractivity contribution in [1.82, 2.24) is 14.9 Å². The van der Waals surface area contributed by atoms with Crippen molar-refractivity contribution in [2.75, 3.05) is 37.7 Å². The molecule has 1 amide bonds. The van der Waals surface area contributed by atoms with E-state index in [1.54, 1.807) is 17.2 Å². The largest absolute Gasteiger partial charge is 0.462 e. The molecular weight excluding hydrogens is 380 g/mol. The number of fused-ring (bicyclic) bond motifs is 1. The first-order chi connectivity index (χ1) is 13.3. The highest BCUT2D eigenvalue weighted by atomic mass is 32.1. The van der Waals surface area contributed by atoms with Crippen molar-refractivity contribution in [3.8, 4) is 0 Å². The number of ether oxygens (including phenoxy) is 2. The zero-order chi connectivity index (χ0) is 20.3. The van der Waals surface area contributed by atoms with Crippen LogP contribution in [0, 0.1) is 0 Å². The minimum absolute atomic E-state index is 0.301. The van der Waals surface area contributed by atoms with E-state index in [1.807, 2.05) is 20.8 Å². The molecule has 152 valence electrons. The van der Waals surface area contributed by atoms with Gasteiger partial charge in [-0.2, -0.15) is 0 Å². The molecule has 0 spiro atoms. The summed E-state index contributed by atoms with van der Waals surface area (Å²) in [6.07, 6.45) is 1.99. The molecule has 1 aliphatic rings. The summed E-state index contributed by atoms with van der Waals surface area (Å²) in [5, 5.41) is 2.49. The van der Waals surface area contributed by atoms with E-state index in [0.717, 1.165) is 23.2 Å². The molecule has 2 aromatic heterocycles. The van der Waals surface area contributed by atoms with Crippen LogP contribution < -0.4 is 4.90 Å². The first-order valence-corrected chi connectivity index (χ1v) is 10.3. The van der Waals surface area contributed by atoms with Crippen molar-refractivity contribution >= 4 is 39.4 Å². The van der Waals surface area contributed by atoms with Crippen LogP contribution in [0.4, 0.5) is 10.6 Å². The maximum Gasteiger partial charge on any atom is 0.410 e. The van der Waals surface area contributed by atoms with E-state index in [9.17, 15) is 9.59 Å². The number of rotatable bonds is 3. The second-order valence-electron chi connectivity index (χ2n) is 7.56. The van der Waals surface area contributed by atoms with Gasteiger partial charge >= 0.3 is 12.1 Å². The third-order valence-electron chi connectivity index (χ3n) is 4.29. The zero-order valence-corrected chi connectivity index (χ0v) is 17.5. The summed E-state index contributed by atoms with van der Waals surface area (Å²) < 4.78 is 10.7. The quantitative estimate of drug-likeness (QED) is 0.723. The maximum atomic E-state index is 12.4. The van der Waals surface area contributed by atoms with E-state index in [1.165, 1.54) is 17.7 Å². The van der Waals surface area contributed by atoms with Gasteiger partial charge in [0, 0.05) is 31.6 Å². The molecule has 0 N–H and O–H groups in total. The summed E-state index contributed by atoms with van der Waals surface area (Å²) in [7, 11) is 0. The van der Waals surface area contributed by atoms with Crippen molar-refractivity contribution in [1.29, 1.82) is 0 Å². The highest BCUT2D eigenvalue weighted by Crippen LogP contribution is 2.32. The molecule has 0 saturated carbocycles. The summed E-state index contributed by atoms with van der Waals surface area (Å²) in [5.74, 6) is 0.343. The van der Waals surface area contributed by atoms with Gasteiger partial charge in [-0.15, -0.1) is 11.3 Å². The highest BCUT2D eigenvalue weighted by molar-refractivity contribution is 7.17. The predicted molar refractivity (Wildman–Crippen MR) is 108 cm³/mol. The molecule has 1 fully saturated rings. The van der Waals surface area contributed by atoms with Crippen LogP contribution in [0.15, 0.2) is 11.7 Å². The number of esters is 1. The molecule has 0 atom stereocenters. The number of aromatic nitrogens is 2. The Bertz CT molecular complexity index is 861. The molecule has 0 unspecified atom stereocenters. The van der Waals surface area contributed by atoms with E-state index in [-0.39, 0.29) is 12.1 Å². The molecule has 28 heavy (non-hydrogen) atoms. The van der Waals surface area contributed by atoms with Gasteiger partial charge < -0.3 is 19.3 Å². The third kappa shape index (κ3) is 4.52. The van der Waals surface area contributed by atoms with E-state index >= 15 is 0 Å². The zero-order valence-electron chi connectivity index (χ0n) is 16.7. The molecule has 3 rings (SSSR count). The van der Waals surface area contributed by atoms with Crippen LogP contribution in [0.2, 0.25) is 0 Å². The Kier molecular flexibility index (Phi) is 6.02. The Morgan fingerprint density at radius 2 is 1.96 bits per heavy atom. The van der Waals surface area contributed by atoms with Crippen LogP contribution in [-0.4, -0.2) is 65.3 Å². The number of carbonyl (C=O) groups excluding carboxylic acids is 2. The number of nitrogens with zero attached hydrogens (tertiary/aromatic N) is 4. The monoisotopic (exact) mass is 406 g/mol. The first-order valence-electron chi connectivity index (χ1n) is 9.42. The smallest absolute Gasteiger partial charge is 0.410 e. The maximum absolute atomic E-state index is 12.4. The van der Waals surface area contributed by atoms with Gasteiger partial charge in [-0.05, 0) is 34.1 Å². The summed E-state index contributed by atoms with van der Waals surface area (Å²) >= 11 is 1.40. The van der Waals surface area contributed by atoms with Crippen molar-refractivity contribution in [2.45, 2.75) is 39.7 Å². The number of anilines is 1. The summed E-state index contributed by atoms with van der Waals surface area (Å²) in [6.45, 7) is 10.2. The normalized spacial score (nSPS) is 15.4. The molecule has 1 saturated heterocycles. The van der Waals surface area contributed by atoms with Gasteiger partial charge in [0.05, 0.1) is 17.6 Å². The molecular formula is C19H26N4O4S. The van der Waals surface area contributed by atoms with Gasteiger partial charge in [-0.3, -0.25) is 0 Å². The molecule has 2 aromatic rings. The Hall–Kier alpha value is -2.42. The molecule has 9 heteroatoms. The number of hydrogen-bond acceptors (Lipinski definition) is 8. The van der Waals surface area contributed by atoms with Gasteiger partial charge in [0.15, 0.2) is 0 Å². The fourth-order valence-corrected chi connectivity index (χ4v) is 3.97. The summed E-state index contributed by atoms with van der Waals surface area (Å²) in [6, 6.07) is 0. The van der Waals surface area contributed by atoms with Crippen molar-refractivity contribution in [3.05, 3.63) is 17.3 Å². The van der Waals surface area contributed by atoms with Crippen molar-refractivity contribution in [2.24, 2.45) is 0 Å². The van der Waals surface area contributed by atoms with Crippen LogP contribution in [0.3, 0.4) is 0 Å². The molecule has 3 heterocycles. The topological polar surface area (TPSA) is 84.9 Å². The SMILES string of the molecule is CCOC(=O)c1csc2ncnc(N3CCCN(C(=O)OC(C)(C)C)CC3)c12. The first kappa shape index (κ1) is 20.3. The minimum atomic E-state index is -0.521. The summed E-state index contributed by atoms with van der Waals surface area (Å²) in [4.78, 5) is 38.1.